The van der Waals surface area contributed by atoms with Gasteiger partial charge in [0.05, 0.1) is 23.3 Å². The van der Waals surface area contributed by atoms with Crippen LogP contribution < -0.4 is 0 Å². The van der Waals surface area contributed by atoms with E-state index in [1.54, 1.807) is 25.3 Å². The van der Waals surface area contributed by atoms with Crippen molar-refractivity contribution in [1.82, 2.24) is 10.2 Å². The summed E-state index contributed by atoms with van der Waals surface area (Å²) < 4.78 is 18.9. The van der Waals surface area contributed by atoms with Gasteiger partial charge in [-0.05, 0) is 77.1 Å². The molecule has 0 spiro atoms. The molecule has 1 heterocycles. The molecule has 172 valence electrons. The first-order valence-electron chi connectivity index (χ1n) is 11.1. The average molecular weight is 475 g/mol. The molecule has 0 saturated heterocycles. The number of hydrogen-bond donors (Lipinski definition) is 1. The Hall–Kier alpha value is -3.70. The Morgan fingerprint density at radius 3 is 2.68 bits per heavy atom. The molecule has 0 saturated carbocycles. The second kappa shape index (κ2) is 10.5. The summed E-state index contributed by atoms with van der Waals surface area (Å²) in [7, 11) is 0. The van der Waals surface area contributed by atoms with E-state index in [0.717, 1.165) is 44.3 Å². The van der Waals surface area contributed by atoms with Gasteiger partial charge in [-0.3, -0.25) is 5.10 Å². The molecule has 0 bridgehead atoms. The Labute approximate surface area is 202 Å². The molecule has 0 fully saturated rings. The van der Waals surface area contributed by atoms with Gasteiger partial charge in [0.25, 0.3) is 0 Å². The van der Waals surface area contributed by atoms with Crippen LogP contribution in [0.15, 0.2) is 72.9 Å². The second-order valence-corrected chi connectivity index (χ2v) is 8.08. The van der Waals surface area contributed by atoms with Crippen LogP contribution in [0, 0.1) is 5.82 Å². The minimum Gasteiger partial charge on any atom is -0.463 e. The number of carbonyl (C=O) groups is 1. The molecular formula is C28H24ClFN2O2. The fourth-order valence-corrected chi connectivity index (χ4v) is 4.33. The van der Waals surface area contributed by atoms with Gasteiger partial charge in [0.1, 0.15) is 5.82 Å². The summed E-state index contributed by atoms with van der Waals surface area (Å²) in [4.78, 5) is 12.0. The normalized spacial score (nSPS) is 12.2. The molecule has 0 atom stereocenters. The van der Waals surface area contributed by atoms with Gasteiger partial charge in [0.15, 0.2) is 0 Å². The fraction of sp³-hybridized carbons (Fsp3) is 0.143. The van der Waals surface area contributed by atoms with Crippen LogP contribution in [-0.2, 0) is 9.53 Å². The number of fused-ring (bicyclic) bond motifs is 1. The van der Waals surface area contributed by atoms with E-state index in [9.17, 15) is 9.18 Å². The van der Waals surface area contributed by atoms with Crippen LogP contribution in [0.1, 0.15) is 42.5 Å². The van der Waals surface area contributed by atoms with Crippen molar-refractivity contribution in [3.63, 3.8) is 0 Å². The molecule has 0 aliphatic carbocycles. The van der Waals surface area contributed by atoms with Crippen LogP contribution in [0.25, 0.3) is 28.1 Å². The molecule has 0 amide bonds. The lowest BCUT2D eigenvalue weighted by Gasteiger charge is -2.19. The quantitative estimate of drug-likeness (QED) is 0.174. The van der Waals surface area contributed by atoms with Crippen LogP contribution in [0.5, 0.6) is 0 Å². The molecule has 6 heteroatoms. The number of nitrogens with zero attached hydrogens (tertiary/aromatic N) is 1. The predicted octanol–water partition coefficient (Wildman–Crippen LogP) is 7.30. The lowest BCUT2D eigenvalue weighted by atomic mass is 9.85. The third-order valence-corrected chi connectivity index (χ3v) is 5.87. The standard InChI is InChI=1S/C28H24ClFN2O2/c1-3-22(24-12-11-21(30)16-25(24)29)28(19-9-13-26-20(15-19)17-31-32-26)23-8-6-5-7-18(23)10-14-27(33)34-4-2/h5-17H,3-4H2,1-2H3,(H,31,32)/b14-10?,28-22+. The van der Waals surface area contributed by atoms with Gasteiger partial charge >= 0.3 is 5.97 Å². The SMILES string of the molecule is CCOC(=O)C=Cc1ccccc1/C(=C(\CC)c1ccc(F)cc1Cl)c1ccc2[nH]ncc2c1. The number of benzene rings is 3. The first-order valence-corrected chi connectivity index (χ1v) is 11.5. The maximum Gasteiger partial charge on any atom is 0.330 e. The van der Waals surface area contributed by atoms with Gasteiger partial charge in [-0.15, -0.1) is 0 Å². The van der Waals surface area contributed by atoms with Crippen molar-refractivity contribution in [2.45, 2.75) is 20.3 Å². The van der Waals surface area contributed by atoms with Crippen LogP contribution >= 0.6 is 11.6 Å². The molecule has 4 aromatic rings. The number of halogens is 2. The van der Waals surface area contributed by atoms with Crippen molar-refractivity contribution >= 4 is 45.7 Å². The Morgan fingerprint density at radius 2 is 1.91 bits per heavy atom. The van der Waals surface area contributed by atoms with Gasteiger partial charge in [-0.2, -0.15) is 5.10 Å². The Bertz CT molecular complexity index is 1400. The van der Waals surface area contributed by atoms with E-state index in [-0.39, 0.29) is 5.82 Å². The lowest BCUT2D eigenvalue weighted by molar-refractivity contribution is -0.137. The molecule has 0 unspecified atom stereocenters. The highest BCUT2D eigenvalue weighted by molar-refractivity contribution is 6.32. The fourth-order valence-electron chi connectivity index (χ4n) is 4.04. The van der Waals surface area contributed by atoms with E-state index in [0.29, 0.717) is 18.1 Å². The number of carbonyl (C=O) groups excluding carboxylic acids is 1. The maximum absolute atomic E-state index is 13.8. The smallest absolute Gasteiger partial charge is 0.330 e. The van der Waals surface area contributed by atoms with Crippen molar-refractivity contribution in [2.75, 3.05) is 6.61 Å². The number of H-pyrrole nitrogens is 1. The van der Waals surface area contributed by atoms with Crippen LogP contribution in [-0.4, -0.2) is 22.8 Å². The monoisotopic (exact) mass is 474 g/mol. The molecular weight excluding hydrogens is 451 g/mol. The zero-order valence-corrected chi connectivity index (χ0v) is 19.7. The number of aromatic nitrogens is 2. The third-order valence-electron chi connectivity index (χ3n) is 5.56. The molecule has 3 aromatic carbocycles. The highest BCUT2D eigenvalue weighted by Crippen LogP contribution is 2.39. The van der Waals surface area contributed by atoms with E-state index < -0.39 is 5.97 Å². The average Bonchev–Trinajstić information content (AvgIpc) is 3.30. The summed E-state index contributed by atoms with van der Waals surface area (Å²) in [6, 6.07) is 18.3. The largest absolute Gasteiger partial charge is 0.463 e. The summed E-state index contributed by atoms with van der Waals surface area (Å²) in [5, 5.41) is 8.43. The minimum absolute atomic E-state index is 0.309. The Morgan fingerprint density at radius 1 is 1.09 bits per heavy atom. The van der Waals surface area contributed by atoms with Gasteiger partial charge in [-0.1, -0.05) is 54.9 Å². The molecule has 0 aliphatic rings. The molecule has 34 heavy (non-hydrogen) atoms. The number of aromatic amines is 1. The van der Waals surface area contributed by atoms with Crippen LogP contribution in [0.4, 0.5) is 4.39 Å². The minimum atomic E-state index is -0.403. The van der Waals surface area contributed by atoms with Gasteiger partial charge in [0, 0.05) is 11.5 Å². The molecule has 4 rings (SSSR count). The summed E-state index contributed by atoms with van der Waals surface area (Å²) in [5.74, 6) is -0.789. The predicted molar refractivity (Wildman–Crippen MR) is 136 cm³/mol. The van der Waals surface area contributed by atoms with Crippen LogP contribution in [0.3, 0.4) is 0 Å². The van der Waals surface area contributed by atoms with E-state index in [1.165, 1.54) is 18.2 Å². The van der Waals surface area contributed by atoms with Crippen molar-refractivity contribution in [2.24, 2.45) is 0 Å². The van der Waals surface area contributed by atoms with E-state index in [1.807, 2.05) is 43.3 Å². The summed E-state index contributed by atoms with van der Waals surface area (Å²) in [5.41, 5.74) is 6.33. The molecule has 1 N–H and O–H groups in total. The van der Waals surface area contributed by atoms with E-state index >= 15 is 0 Å². The summed E-state index contributed by atoms with van der Waals surface area (Å²) in [6.45, 7) is 4.12. The highest BCUT2D eigenvalue weighted by atomic mass is 35.5. The number of esters is 1. The van der Waals surface area contributed by atoms with E-state index in [2.05, 4.69) is 16.3 Å². The number of nitrogens with one attached hydrogen (secondary N) is 1. The Kier molecular flexibility index (Phi) is 7.24. The molecule has 0 radical (unpaired) electrons. The third kappa shape index (κ3) is 4.95. The first kappa shape index (κ1) is 23.5. The zero-order valence-electron chi connectivity index (χ0n) is 18.9. The summed E-state index contributed by atoms with van der Waals surface area (Å²) >= 11 is 6.51. The second-order valence-electron chi connectivity index (χ2n) is 7.68. The Balaban J connectivity index is 1.99. The zero-order chi connectivity index (χ0) is 24.1. The highest BCUT2D eigenvalue weighted by Gasteiger charge is 2.18. The van der Waals surface area contributed by atoms with Gasteiger partial charge < -0.3 is 4.74 Å². The van der Waals surface area contributed by atoms with Gasteiger partial charge in [0.2, 0.25) is 0 Å². The molecule has 4 nitrogen and oxygen atoms in total. The lowest BCUT2D eigenvalue weighted by Crippen LogP contribution is -2.00. The van der Waals surface area contributed by atoms with Crippen molar-refractivity contribution in [3.8, 4) is 0 Å². The van der Waals surface area contributed by atoms with Crippen LogP contribution in [0.2, 0.25) is 5.02 Å². The number of hydrogen-bond acceptors (Lipinski definition) is 3. The maximum atomic E-state index is 13.8. The number of rotatable bonds is 7. The molecule has 1 aromatic heterocycles. The van der Waals surface area contributed by atoms with Crippen molar-refractivity contribution in [3.05, 3.63) is 106 Å². The van der Waals surface area contributed by atoms with Crippen molar-refractivity contribution in [1.29, 1.82) is 0 Å². The topological polar surface area (TPSA) is 55.0 Å². The van der Waals surface area contributed by atoms with Crippen molar-refractivity contribution < 1.29 is 13.9 Å². The number of allylic oxidation sites excluding steroid dienone is 1. The first-order chi connectivity index (χ1) is 16.5. The molecule has 0 aliphatic heterocycles. The summed E-state index contributed by atoms with van der Waals surface area (Å²) in [6.07, 6.45) is 5.61. The van der Waals surface area contributed by atoms with Gasteiger partial charge in [-0.25, -0.2) is 9.18 Å². The number of ether oxygens (including phenoxy) is 1. The van der Waals surface area contributed by atoms with E-state index in [4.69, 9.17) is 16.3 Å².